The van der Waals surface area contributed by atoms with Crippen LogP contribution in [0, 0.1) is 5.92 Å². The quantitative estimate of drug-likeness (QED) is 0.897. The van der Waals surface area contributed by atoms with Gasteiger partial charge in [-0.2, -0.15) is 4.31 Å². The van der Waals surface area contributed by atoms with Gasteiger partial charge in [0, 0.05) is 23.6 Å². The van der Waals surface area contributed by atoms with E-state index in [-0.39, 0.29) is 6.04 Å². The molecule has 2 unspecified atom stereocenters. The number of piperidine rings is 1. The number of hydrogen-bond donors (Lipinski definition) is 1. The fourth-order valence-electron chi connectivity index (χ4n) is 2.79. The molecule has 2 rings (SSSR count). The van der Waals surface area contributed by atoms with Gasteiger partial charge in [-0.05, 0) is 46.8 Å². The van der Waals surface area contributed by atoms with E-state index in [4.69, 9.17) is 5.73 Å². The summed E-state index contributed by atoms with van der Waals surface area (Å²) in [5, 5.41) is 0. The zero-order valence-corrected chi connectivity index (χ0v) is 14.0. The lowest BCUT2D eigenvalue weighted by molar-refractivity contribution is 0.197. The number of nitrogens with two attached hydrogens (primary N) is 1. The second kappa shape index (κ2) is 6.56. The standard InChI is InChI=1S/C14H21BrN2O2S/c1-2-11-7-8-17(12(9-11)10-16)20(18,19)14-6-4-3-5-13(14)15/h3-6,11-12H,2,7-10,16H2,1H3. The average molecular weight is 361 g/mol. The van der Waals surface area contributed by atoms with E-state index < -0.39 is 10.0 Å². The lowest BCUT2D eigenvalue weighted by Crippen LogP contribution is -2.49. The minimum absolute atomic E-state index is 0.0918. The number of benzene rings is 1. The molecular weight excluding hydrogens is 340 g/mol. The monoisotopic (exact) mass is 360 g/mol. The van der Waals surface area contributed by atoms with Crippen molar-refractivity contribution >= 4 is 26.0 Å². The van der Waals surface area contributed by atoms with Gasteiger partial charge < -0.3 is 5.73 Å². The normalized spacial score (nSPS) is 24.8. The van der Waals surface area contributed by atoms with Gasteiger partial charge in [0.15, 0.2) is 0 Å². The third-order valence-corrected chi connectivity index (χ3v) is 7.01. The highest BCUT2D eigenvalue weighted by molar-refractivity contribution is 9.10. The van der Waals surface area contributed by atoms with Crippen LogP contribution in [0.3, 0.4) is 0 Å². The van der Waals surface area contributed by atoms with Crippen LogP contribution in [0.5, 0.6) is 0 Å². The fraction of sp³-hybridized carbons (Fsp3) is 0.571. The second-order valence-electron chi connectivity index (χ2n) is 5.23. The summed E-state index contributed by atoms with van der Waals surface area (Å²) in [7, 11) is -3.48. The number of halogens is 1. The van der Waals surface area contributed by atoms with Gasteiger partial charge in [-0.15, -0.1) is 0 Å². The molecule has 2 N–H and O–H groups in total. The summed E-state index contributed by atoms with van der Waals surface area (Å²) in [6.07, 6.45) is 2.85. The van der Waals surface area contributed by atoms with E-state index >= 15 is 0 Å². The van der Waals surface area contributed by atoms with Gasteiger partial charge >= 0.3 is 0 Å². The van der Waals surface area contributed by atoms with E-state index in [0.29, 0.717) is 28.4 Å². The van der Waals surface area contributed by atoms with Gasteiger partial charge in [-0.3, -0.25) is 0 Å². The van der Waals surface area contributed by atoms with Crippen LogP contribution in [0.1, 0.15) is 26.2 Å². The largest absolute Gasteiger partial charge is 0.329 e. The molecule has 0 aromatic heterocycles. The molecule has 6 heteroatoms. The lowest BCUT2D eigenvalue weighted by atomic mass is 9.90. The van der Waals surface area contributed by atoms with E-state index in [9.17, 15) is 8.42 Å². The molecule has 0 amide bonds. The molecule has 1 aromatic rings. The number of hydrogen-bond acceptors (Lipinski definition) is 3. The third kappa shape index (κ3) is 3.08. The Hall–Kier alpha value is -0.430. The maximum Gasteiger partial charge on any atom is 0.244 e. The van der Waals surface area contributed by atoms with Crippen molar-refractivity contribution in [2.24, 2.45) is 11.7 Å². The highest BCUT2D eigenvalue weighted by Crippen LogP contribution is 2.32. The Morgan fingerprint density at radius 1 is 1.40 bits per heavy atom. The summed E-state index contributed by atoms with van der Waals surface area (Å²) in [6, 6.07) is 6.86. The van der Waals surface area contributed by atoms with Crippen molar-refractivity contribution in [3.63, 3.8) is 0 Å². The van der Waals surface area contributed by atoms with Crippen LogP contribution in [-0.2, 0) is 10.0 Å². The third-order valence-electron chi connectivity index (χ3n) is 4.04. The highest BCUT2D eigenvalue weighted by Gasteiger charge is 2.36. The summed E-state index contributed by atoms with van der Waals surface area (Å²) >= 11 is 3.33. The van der Waals surface area contributed by atoms with Crippen molar-refractivity contribution in [1.82, 2.24) is 4.31 Å². The zero-order chi connectivity index (χ0) is 14.8. The van der Waals surface area contributed by atoms with Crippen molar-refractivity contribution < 1.29 is 8.42 Å². The van der Waals surface area contributed by atoms with Crippen LogP contribution < -0.4 is 5.73 Å². The van der Waals surface area contributed by atoms with E-state index in [1.54, 1.807) is 22.5 Å². The van der Waals surface area contributed by atoms with Gasteiger partial charge in [0.2, 0.25) is 10.0 Å². The molecule has 4 nitrogen and oxygen atoms in total. The number of nitrogens with zero attached hydrogens (tertiary/aromatic N) is 1. The molecule has 0 bridgehead atoms. The molecule has 1 heterocycles. The molecule has 0 aliphatic carbocycles. The summed E-state index contributed by atoms with van der Waals surface area (Å²) < 4.78 is 27.8. The van der Waals surface area contributed by atoms with E-state index in [2.05, 4.69) is 22.9 Å². The van der Waals surface area contributed by atoms with Crippen molar-refractivity contribution in [1.29, 1.82) is 0 Å². The number of sulfonamides is 1. The predicted octanol–water partition coefficient (Wildman–Crippen LogP) is 2.59. The molecule has 20 heavy (non-hydrogen) atoms. The van der Waals surface area contributed by atoms with Gasteiger partial charge in [-0.25, -0.2) is 8.42 Å². The van der Waals surface area contributed by atoms with Crippen LogP contribution in [0.25, 0.3) is 0 Å². The van der Waals surface area contributed by atoms with Crippen LogP contribution in [0.2, 0.25) is 0 Å². The summed E-state index contributed by atoms with van der Waals surface area (Å²) in [4.78, 5) is 0.327. The van der Waals surface area contributed by atoms with Crippen LogP contribution in [0.4, 0.5) is 0 Å². The molecule has 0 saturated carbocycles. The Morgan fingerprint density at radius 2 is 2.10 bits per heavy atom. The van der Waals surface area contributed by atoms with Crippen LogP contribution >= 0.6 is 15.9 Å². The smallest absolute Gasteiger partial charge is 0.244 e. The first-order valence-electron chi connectivity index (χ1n) is 6.97. The van der Waals surface area contributed by atoms with E-state index in [0.717, 1.165) is 19.3 Å². The van der Waals surface area contributed by atoms with E-state index in [1.807, 2.05) is 6.07 Å². The average Bonchev–Trinajstić information content (AvgIpc) is 2.46. The summed E-state index contributed by atoms with van der Waals surface area (Å²) in [6.45, 7) is 3.08. The van der Waals surface area contributed by atoms with Gasteiger partial charge in [0.25, 0.3) is 0 Å². The molecule has 1 saturated heterocycles. The highest BCUT2D eigenvalue weighted by atomic mass is 79.9. The topological polar surface area (TPSA) is 63.4 Å². The molecular formula is C14H21BrN2O2S. The van der Waals surface area contributed by atoms with Gasteiger partial charge in [0.05, 0.1) is 4.90 Å². The van der Waals surface area contributed by atoms with Gasteiger partial charge in [0.1, 0.15) is 0 Å². The first kappa shape index (κ1) is 15.9. The molecule has 112 valence electrons. The maximum atomic E-state index is 12.8. The molecule has 1 aromatic carbocycles. The molecule has 2 atom stereocenters. The Morgan fingerprint density at radius 3 is 2.70 bits per heavy atom. The molecule has 1 aliphatic rings. The summed E-state index contributed by atoms with van der Waals surface area (Å²) in [5.74, 6) is 0.578. The minimum atomic E-state index is -3.48. The predicted molar refractivity (Wildman–Crippen MR) is 83.9 cm³/mol. The Bertz CT molecular complexity index is 562. The second-order valence-corrected chi connectivity index (χ2v) is 7.95. The SMILES string of the molecule is CCC1CCN(S(=O)(=O)c2ccccc2Br)C(CN)C1. The van der Waals surface area contributed by atoms with Crippen molar-refractivity contribution in [2.45, 2.75) is 37.1 Å². The zero-order valence-electron chi connectivity index (χ0n) is 11.6. The summed E-state index contributed by atoms with van der Waals surface area (Å²) in [5.41, 5.74) is 5.81. The van der Waals surface area contributed by atoms with Gasteiger partial charge in [-0.1, -0.05) is 25.5 Å². The van der Waals surface area contributed by atoms with Crippen LogP contribution in [-0.4, -0.2) is 31.9 Å². The van der Waals surface area contributed by atoms with Crippen molar-refractivity contribution in [3.05, 3.63) is 28.7 Å². The first-order valence-corrected chi connectivity index (χ1v) is 9.20. The van der Waals surface area contributed by atoms with E-state index in [1.165, 1.54) is 0 Å². The Labute approximate surface area is 129 Å². The molecule has 0 spiro atoms. The molecule has 1 aliphatic heterocycles. The van der Waals surface area contributed by atoms with Crippen molar-refractivity contribution in [3.8, 4) is 0 Å². The Balaban J connectivity index is 2.32. The maximum absolute atomic E-state index is 12.8. The Kier molecular flexibility index (Phi) is 5.23. The minimum Gasteiger partial charge on any atom is -0.329 e. The lowest BCUT2D eigenvalue weighted by Gasteiger charge is -2.37. The fourth-order valence-corrected chi connectivity index (χ4v) is 5.42. The number of rotatable bonds is 4. The molecule has 1 fully saturated rings. The van der Waals surface area contributed by atoms with Crippen LogP contribution in [0.15, 0.2) is 33.6 Å². The first-order chi connectivity index (χ1) is 9.50. The molecule has 0 radical (unpaired) electrons. The van der Waals surface area contributed by atoms with Crippen molar-refractivity contribution in [2.75, 3.05) is 13.1 Å².